The number of rotatable bonds is 5. The summed E-state index contributed by atoms with van der Waals surface area (Å²) in [6.07, 6.45) is 1.95. The van der Waals surface area contributed by atoms with Crippen LogP contribution in [0.5, 0.6) is 0 Å². The number of thioether (sulfide) groups is 1. The van der Waals surface area contributed by atoms with Gasteiger partial charge in [0.15, 0.2) is 0 Å². The molecule has 0 aliphatic rings. The summed E-state index contributed by atoms with van der Waals surface area (Å²) in [4.78, 5) is 14.8. The highest BCUT2D eigenvalue weighted by atomic mass is 32.2. The molecule has 4 nitrogen and oxygen atoms in total. The zero-order valence-corrected chi connectivity index (χ0v) is 12.2. The lowest BCUT2D eigenvalue weighted by molar-refractivity contribution is 0.100. The highest BCUT2D eigenvalue weighted by molar-refractivity contribution is 7.99. The molecule has 0 saturated carbocycles. The molecule has 0 aliphatic carbocycles. The molecule has 0 aliphatic heterocycles. The third kappa shape index (κ3) is 3.07. The Bertz CT molecular complexity index is 415. The highest BCUT2D eigenvalue weighted by Crippen LogP contribution is 2.43. The summed E-state index contributed by atoms with van der Waals surface area (Å²) in [5.74, 6) is 0.0991. The summed E-state index contributed by atoms with van der Waals surface area (Å²) in [5.41, 5.74) is 11.8. The molecule has 1 heterocycles. The lowest BCUT2D eigenvalue weighted by atomic mass is 10.2. The summed E-state index contributed by atoms with van der Waals surface area (Å²) >= 11 is 2.93. The molecule has 0 saturated heterocycles. The smallest absolute Gasteiger partial charge is 0.261 e. The van der Waals surface area contributed by atoms with Crippen LogP contribution in [0.4, 0.5) is 10.7 Å². The molecule has 4 N–H and O–H groups in total. The van der Waals surface area contributed by atoms with Crippen molar-refractivity contribution >= 4 is 39.7 Å². The highest BCUT2D eigenvalue weighted by Gasteiger charge is 2.21. The second-order valence-corrected chi connectivity index (χ2v) is 6.14. The van der Waals surface area contributed by atoms with Gasteiger partial charge in [0, 0.05) is 13.6 Å². The van der Waals surface area contributed by atoms with Gasteiger partial charge in [0.1, 0.15) is 9.88 Å². The monoisotopic (exact) mass is 273 g/mol. The number of primary amides is 1. The maximum Gasteiger partial charge on any atom is 0.261 e. The van der Waals surface area contributed by atoms with Crippen molar-refractivity contribution in [2.45, 2.75) is 18.7 Å². The van der Waals surface area contributed by atoms with E-state index in [9.17, 15) is 4.79 Å². The van der Waals surface area contributed by atoms with E-state index in [1.165, 1.54) is 11.3 Å². The summed E-state index contributed by atoms with van der Waals surface area (Å²) in [6, 6.07) is 0. The largest absolute Gasteiger partial charge is 0.396 e. The summed E-state index contributed by atoms with van der Waals surface area (Å²) in [6.45, 7) is 5.23. The number of nitrogens with two attached hydrogens (primary N) is 2. The number of carbonyl (C=O) groups excluding carboxylic acids is 1. The number of thiophene rings is 1. The fraction of sp³-hybridized carbons (Fsp3) is 0.545. The Balaban J connectivity index is 3.14. The zero-order chi connectivity index (χ0) is 13.2. The minimum atomic E-state index is -0.452. The van der Waals surface area contributed by atoms with Gasteiger partial charge in [-0.05, 0) is 12.2 Å². The van der Waals surface area contributed by atoms with Crippen molar-refractivity contribution in [2.75, 3.05) is 30.5 Å². The fourth-order valence-electron chi connectivity index (χ4n) is 1.68. The third-order valence-corrected chi connectivity index (χ3v) is 4.58. The second-order valence-electron chi connectivity index (χ2n) is 4.32. The minimum Gasteiger partial charge on any atom is -0.396 e. The second kappa shape index (κ2) is 5.64. The van der Waals surface area contributed by atoms with Crippen molar-refractivity contribution in [2.24, 2.45) is 11.7 Å². The van der Waals surface area contributed by atoms with Crippen LogP contribution in [0.15, 0.2) is 4.90 Å². The average molecular weight is 273 g/mol. The van der Waals surface area contributed by atoms with Gasteiger partial charge in [-0.3, -0.25) is 4.79 Å². The SMILES string of the molecule is CSc1c(N(C)CC(C)C)sc(C(N)=O)c1N. The molecule has 0 aromatic carbocycles. The van der Waals surface area contributed by atoms with E-state index in [1.54, 1.807) is 11.8 Å². The molecule has 1 aromatic rings. The molecule has 1 amide bonds. The molecule has 0 atom stereocenters. The lowest BCUT2D eigenvalue weighted by Gasteiger charge is -2.20. The quantitative estimate of drug-likeness (QED) is 0.807. The van der Waals surface area contributed by atoms with Crippen LogP contribution in [0.3, 0.4) is 0 Å². The van der Waals surface area contributed by atoms with Gasteiger partial charge in [-0.15, -0.1) is 23.1 Å². The van der Waals surface area contributed by atoms with Gasteiger partial charge in [-0.1, -0.05) is 13.8 Å². The van der Waals surface area contributed by atoms with Crippen LogP contribution in [-0.4, -0.2) is 25.8 Å². The molecule has 6 heteroatoms. The first-order chi connectivity index (χ1) is 7.88. The van der Waals surface area contributed by atoms with Crippen LogP contribution in [0.2, 0.25) is 0 Å². The molecular weight excluding hydrogens is 254 g/mol. The van der Waals surface area contributed by atoms with Crippen molar-refractivity contribution in [3.63, 3.8) is 0 Å². The van der Waals surface area contributed by atoms with Crippen molar-refractivity contribution < 1.29 is 4.79 Å². The van der Waals surface area contributed by atoms with Gasteiger partial charge in [0.05, 0.1) is 10.6 Å². The maximum absolute atomic E-state index is 11.3. The molecule has 0 radical (unpaired) electrons. The Hall–Kier alpha value is -0.880. The van der Waals surface area contributed by atoms with Crippen LogP contribution in [0.1, 0.15) is 23.5 Å². The first kappa shape index (κ1) is 14.2. The van der Waals surface area contributed by atoms with Crippen molar-refractivity contribution in [3.8, 4) is 0 Å². The fourth-order valence-corrected chi connectivity index (χ4v) is 3.71. The molecule has 0 spiro atoms. The molecule has 1 aromatic heterocycles. The van der Waals surface area contributed by atoms with Gasteiger partial charge >= 0.3 is 0 Å². The van der Waals surface area contributed by atoms with Crippen molar-refractivity contribution in [1.82, 2.24) is 0 Å². The van der Waals surface area contributed by atoms with Crippen molar-refractivity contribution in [3.05, 3.63) is 4.88 Å². The normalized spacial score (nSPS) is 10.9. The molecule has 1 rings (SSSR count). The summed E-state index contributed by atoms with van der Waals surface area (Å²) < 4.78 is 0. The lowest BCUT2D eigenvalue weighted by Crippen LogP contribution is -2.21. The predicted molar refractivity (Wildman–Crippen MR) is 77.1 cm³/mol. The Morgan fingerprint density at radius 1 is 1.53 bits per heavy atom. The van der Waals surface area contributed by atoms with E-state index < -0.39 is 5.91 Å². The molecule has 96 valence electrons. The van der Waals surface area contributed by atoms with E-state index in [0.717, 1.165) is 16.4 Å². The Morgan fingerprint density at radius 3 is 2.53 bits per heavy atom. The first-order valence-corrected chi connectivity index (χ1v) is 7.39. The third-order valence-electron chi connectivity index (χ3n) is 2.30. The van der Waals surface area contributed by atoms with Crippen molar-refractivity contribution in [1.29, 1.82) is 0 Å². The van der Waals surface area contributed by atoms with Crippen LogP contribution in [0.25, 0.3) is 0 Å². The zero-order valence-electron chi connectivity index (χ0n) is 10.6. The number of nitrogens with zero attached hydrogens (tertiary/aromatic N) is 1. The molecule has 17 heavy (non-hydrogen) atoms. The molecule has 0 fully saturated rings. The van der Waals surface area contributed by atoms with E-state index in [2.05, 4.69) is 18.7 Å². The Morgan fingerprint density at radius 2 is 2.12 bits per heavy atom. The molecule has 0 unspecified atom stereocenters. The van der Waals surface area contributed by atoms with Crippen LogP contribution < -0.4 is 16.4 Å². The van der Waals surface area contributed by atoms with E-state index in [-0.39, 0.29) is 0 Å². The van der Waals surface area contributed by atoms with Gasteiger partial charge in [0.2, 0.25) is 0 Å². The average Bonchev–Trinajstić information content (AvgIpc) is 2.54. The number of amides is 1. The first-order valence-electron chi connectivity index (χ1n) is 5.35. The maximum atomic E-state index is 11.3. The number of carbonyl (C=O) groups is 1. The van der Waals surface area contributed by atoms with Gasteiger partial charge in [-0.25, -0.2) is 0 Å². The number of anilines is 2. The predicted octanol–water partition coefficient (Wildman–Crippen LogP) is 2.24. The van der Waals surface area contributed by atoms with Crippen LogP contribution >= 0.6 is 23.1 Å². The van der Waals surface area contributed by atoms with E-state index in [4.69, 9.17) is 11.5 Å². The standard InChI is InChI=1S/C11H19N3OS2/c1-6(2)5-14(3)11-9(16-4)7(12)8(17-11)10(13)15/h6H,5,12H2,1-4H3,(H2,13,15). The van der Waals surface area contributed by atoms with Gasteiger partial charge < -0.3 is 16.4 Å². The van der Waals surface area contributed by atoms with Gasteiger partial charge in [-0.2, -0.15) is 0 Å². The topological polar surface area (TPSA) is 72.3 Å². The van der Waals surface area contributed by atoms with E-state index in [0.29, 0.717) is 16.5 Å². The van der Waals surface area contributed by atoms with Crippen LogP contribution in [-0.2, 0) is 0 Å². The number of hydrogen-bond donors (Lipinski definition) is 2. The number of hydrogen-bond acceptors (Lipinski definition) is 5. The van der Waals surface area contributed by atoms with E-state index in [1.807, 2.05) is 13.3 Å². The minimum absolute atomic E-state index is 0.452. The van der Waals surface area contributed by atoms with Gasteiger partial charge in [0.25, 0.3) is 5.91 Å². The summed E-state index contributed by atoms with van der Waals surface area (Å²) in [7, 11) is 2.01. The number of nitrogen functional groups attached to an aromatic ring is 1. The summed E-state index contributed by atoms with van der Waals surface area (Å²) in [5, 5.41) is 1.03. The molecular formula is C11H19N3OS2. The Labute approximate surface area is 110 Å². The van der Waals surface area contributed by atoms with E-state index >= 15 is 0 Å². The van der Waals surface area contributed by atoms with Crippen LogP contribution in [0, 0.1) is 5.92 Å². The molecule has 0 bridgehead atoms. The Kier molecular flexibility index (Phi) is 4.70.